The zero-order valence-electron chi connectivity index (χ0n) is 11.9. The molecule has 0 aliphatic heterocycles. The van der Waals surface area contributed by atoms with Crippen molar-refractivity contribution in [3.63, 3.8) is 0 Å². The summed E-state index contributed by atoms with van der Waals surface area (Å²) in [6.07, 6.45) is 0. The van der Waals surface area contributed by atoms with Gasteiger partial charge < -0.3 is 15.5 Å². The van der Waals surface area contributed by atoms with Crippen LogP contribution in [-0.4, -0.2) is 31.1 Å². The van der Waals surface area contributed by atoms with Gasteiger partial charge in [-0.25, -0.2) is 9.18 Å². The number of hydrogen-bond acceptors (Lipinski definition) is 2. The average Bonchev–Trinajstić information content (AvgIpc) is 2.34. The number of para-hydroxylation sites is 1. The number of rotatable bonds is 5. The Bertz CT molecular complexity index is 477. The normalized spacial score (nSPS) is 10.2. The molecule has 0 saturated heterocycles. The zero-order chi connectivity index (χ0) is 15.1. The summed E-state index contributed by atoms with van der Waals surface area (Å²) in [5.74, 6) is -0.740. The predicted octanol–water partition coefficient (Wildman–Crippen LogP) is 1.89. The fraction of sp³-hybridized carbons (Fsp3) is 0.429. The fourth-order valence-corrected chi connectivity index (χ4v) is 1.71. The van der Waals surface area contributed by atoms with Gasteiger partial charge in [0.2, 0.25) is 5.91 Å². The lowest BCUT2D eigenvalue weighted by molar-refractivity contribution is -0.116. The van der Waals surface area contributed by atoms with Gasteiger partial charge in [0.25, 0.3) is 0 Å². The van der Waals surface area contributed by atoms with Crippen molar-refractivity contribution in [1.82, 2.24) is 10.6 Å². The maximum Gasteiger partial charge on any atom is 0.315 e. The SMILES string of the molecule is CC(=O)N(CCNC(=O)NC(C)C)c1ccccc1F. The largest absolute Gasteiger partial charge is 0.336 e. The van der Waals surface area contributed by atoms with Crippen LogP contribution in [0.1, 0.15) is 20.8 Å². The predicted molar refractivity (Wildman–Crippen MR) is 76.1 cm³/mol. The smallest absolute Gasteiger partial charge is 0.315 e. The first-order valence-electron chi connectivity index (χ1n) is 6.48. The van der Waals surface area contributed by atoms with E-state index in [0.29, 0.717) is 0 Å². The van der Waals surface area contributed by atoms with Crippen LogP contribution in [0.2, 0.25) is 0 Å². The molecule has 1 aromatic rings. The summed E-state index contributed by atoms with van der Waals surface area (Å²) in [6.45, 7) is 5.51. The average molecular weight is 281 g/mol. The van der Waals surface area contributed by atoms with E-state index in [9.17, 15) is 14.0 Å². The standard InChI is InChI=1S/C14H20FN3O2/c1-10(2)17-14(20)16-8-9-18(11(3)19)13-7-5-4-6-12(13)15/h4-7,10H,8-9H2,1-3H3,(H2,16,17,20). The molecule has 0 aliphatic carbocycles. The minimum atomic E-state index is -0.464. The molecule has 0 fully saturated rings. The molecule has 0 bridgehead atoms. The number of urea groups is 1. The van der Waals surface area contributed by atoms with Crippen LogP contribution in [0.15, 0.2) is 24.3 Å². The van der Waals surface area contributed by atoms with Crippen LogP contribution in [0.3, 0.4) is 0 Å². The summed E-state index contributed by atoms with van der Waals surface area (Å²) in [4.78, 5) is 24.3. The summed E-state index contributed by atoms with van der Waals surface area (Å²) in [7, 11) is 0. The van der Waals surface area contributed by atoms with Crippen LogP contribution in [0.25, 0.3) is 0 Å². The zero-order valence-corrected chi connectivity index (χ0v) is 11.9. The highest BCUT2D eigenvalue weighted by Crippen LogP contribution is 2.18. The molecule has 1 aromatic carbocycles. The minimum absolute atomic E-state index is 0.0328. The number of nitrogens with zero attached hydrogens (tertiary/aromatic N) is 1. The molecule has 3 amide bonds. The van der Waals surface area contributed by atoms with Crippen LogP contribution >= 0.6 is 0 Å². The number of carbonyl (C=O) groups is 2. The topological polar surface area (TPSA) is 61.4 Å². The summed E-state index contributed by atoms with van der Waals surface area (Å²) >= 11 is 0. The van der Waals surface area contributed by atoms with E-state index in [1.54, 1.807) is 12.1 Å². The van der Waals surface area contributed by atoms with Gasteiger partial charge in [-0.3, -0.25) is 4.79 Å². The molecule has 0 unspecified atom stereocenters. The van der Waals surface area contributed by atoms with Gasteiger partial charge in [0, 0.05) is 26.1 Å². The first-order valence-corrected chi connectivity index (χ1v) is 6.48. The Labute approximate surface area is 118 Å². The lowest BCUT2D eigenvalue weighted by Gasteiger charge is -2.22. The number of anilines is 1. The van der Waals surface area contributed by atoms with E-state index in [4.69, 9.17) is 0 Å². The number of amides is 3. The Kier molecular flexibility index (Phi) is 5.96. The van der Waals surface area contributed by atoms with Crippen molar-refractivity contribution in [3.05, 3.63) is 30.1 Å². The summed E-state index contributed by atoms with van der Waals surface area (Å²) < 4.78 is 13.7. The second-order valence-electron chi connectivity index (χ2n) is 4.68. The second-order valence-corrected chi connectivity index (χ2v) is 4.68. The summed E-state index contributed by atoms with van der Waals surface area (Å²) in [5.41, 5.74) is 0.214. The Morgan fingerprint density at radius 2 is 1.95 bits per heavy atom. The van der Waals surface area contributed by atoms with Crippen LogP contribution in [-0.2, 0) is 4.79 Å². The highest BCUT2D eigenvalue weighted by atomic mass is 19.1. The van der Waals surface area contributed by atoms with Crippen molar-refractivity contribution >= 4 is 17.6 Å². The molecule has 6 heteroatoms. The molecule has 0 spiro atoms. The number of halogens is 1. The van der Waals surface area contributed by atoms with E-state index < -0.39 is 5.82 Å². The summed E-state index contributed by atoms with van der Waals surface area (Å²) in [5, 5.41) is 5.29. The molecule has 0 aliphatic rings. The van der Waals surface area contributed by atoms with Gasteiger partial charge in [0.05, 0.1) is 5.69 Å². The molecule has 110 valence electrons. The minimum Gasteiger partial charge on any atom is -0.336 e. The highest BCUT2D eigenvalue weighted by molar-refractivity contribution is 5.91. The third kappa shape index (κ3) is 4.87. The molecule has 0 heterocycles. The molecule has 5 nitrogen and oxygen atoms in total. The van der Waals surface area contributed by atoms with E-state index in [2.05, 4.69) is 10.6 Å². The monoisotopic (exact) mass is 281 g/mol. The van der Waals surface area contributed by atoms with Crippen LogP contribution < -0.4 is 15.5 Å². The van der Waals surface area contributed by atoms with Crippen LogP contribution in [0, 0.1) is 5.82 Å². The van der Waals surface area contributed by atoms with E-state index in [-0.39, 0.29) is 36.8 Å². The van der Waals surface area contributed by atoms with Gasteiger partial charge in [-0.15, -0.1) is 0 Å². The van der Waals surface area contributed by atoms with Gasteiger partial charge in [-0.05, 0) is 26.0 Å². The maximum atomic E-state index is 13.7. The van der Waals surface area contributed by atoms with Crippen molar-refractivity contribution in [1.29, 1.82) is 0 Å². The fourth-order valence-electron chi connectivity index (χ4n) is 1.71. The van der Waals surface area contributed by atoms with E-state index in [1.165, 1.54) is 24.0 Å². The molecular formula is C14H20FN3O2. The van der Waals surface area contributed by atoms with Crippen molar-refractivity contribution in [2.75, 3.05) is 18.0 Å². The van der Waals surface area contributed by atoms with Gasteiger partial charge in [0.15, 0.2) is 0 Å². The summed E-state index contributed by atoms with van der Waals surface area (Å²) in [6, 6.07) is 5.77. The number of nitrogens with one attached hydrogen (secondary N) is 2. The molecule has 0 aromatic heterocycles. The second kappa shape index (κ2) is 7.47. The quantitative estimate of drug-likeness (QED) is 0.865. The molecule has 0 radical (unpaired) electrons. The number of benzene rings is 1. The van der Waals surface area contributed by atoms with E-state index in [0.717, 1.165) is 0 Å². The lowest BCUT2D eigenvalue weighted by Crippen LogP contribution is -2.43. The van der Waals surface area contributed by atoms with E-state index in [1.807, 2.05) is 13.8 Å². The van der Waals surface area contributed by atoms with Crippen LogP contribution in [0.4, 0.5) is 14.9 Å². The van der Waals surface area contributed by atoms with Gasteiger partial charge in [-0.1, -0.05) is 12.1 Å². The number of carbonyl (C=O) groups excluding carboxylic acids is 2. The van der Waals surface area contributed by atoms with Gasteiger partial charge in [-0.2, -0.15) is 0 Å². The molecule has 0 atom stereocenters. The van der Waals surface area contributed by atoms with Gasteiger partial charge >= 0.3 is 6.03 Å². The first-order chi connectivity index (χ1) is 9.41. The maximum absolute atomic E-state index is 13.7. The Morgan fingerprint density at radius 3 is 2.50 bits per heavy atom. The Morgan fingerprint density at radius 1 is 1.30 bits per heavy atom. The Balaban J connectivity index is 2.60. The third-order valence-electron chi connectivity index (χ3n) is 2.56. The van der Waals surface area contributed by atoms with Gasteiger partial charge in [0.1, 0.15) is 5.82 Å². The highest BCUT2D eigenvalue weighted by Gasteiger charge is 2.15. The van der Waals surface area contributed by atoms with Crippen molar-refractivity contribution < 1.29 is 14.0 Å². The molecule has 20 heavy (non-hydrogen) atoms. The van der Waals surface area contributed by atoms with Crippen LogP contribution in [0.5, 0.6) is 0 Å². The molecule has 0 saturated carbocycles. The number of hydrogen-bond donors (Lipinski definition) is 2. The molecule has 1 rings (SSSR count). The lowest BCUT2D eigenvalue weighted by atomic mass is 10.2. The first kappa shape index (κ1) is 15.9. The van der Waals surface area contributed by atoms with Crippen molar-refractivity contribution in [2.45, 2.75) is 26.8 Å². The van der Waals surface area contributed by atoms with E-state index >= 15 is 0 Å². The molecular weight excluding hydrogens is 261 g/mol. The molecule has 2 N–H and O–H groups in total. The Hall–Kier alpha value is -2.11. The third-order valence-corrected chi connectivity index (χ3v) is 2.56. The van der Waals surface area contributed by atoms with Crippen molar-refractivity contribution in [3.8, 4) is 0 Å². The van der Waals surface area contributed by atoms with Crippen molar-refractivity contribution in [2.24, 2.45) is 0 Å².